The van der Waals surface area contributed by atoms with Gasteiger partial charge in [-0.15, -0.1) is 0 Å². The molecule has 0 aliphatic rings. The van der Waals surface area contributed by atoms with E-state index in [-0.39, 0.29) is 0 Å². The van der Waals surface area contributed by atoms with Crippen molar-refractivity contribution < 1.29 is 10.2 Å². The Labute approximate surface area is 58.5 Å². The minimum Gasteiger partial charge on any atom is -0.400 e. The van der Waals surface area contributed by atoms with Crippen molar-refractivity contribution >= 4 is 0 Å². The lowest BCUT2D eigenvalue weighted by Gasteiger charge is -2.05. The van der Waals surface area contributed by atoms with Crippen molar-refractivity contribution in [1.29, 1.82) is 0 Å². The van der Waals surface area contributed by atoms with Gasteiger partial charge in [-0.1, -0.05) is 27.7 Å². The number of hydrogen-bond donors (Lipinski definition) is 2. The molecule has 0 atom stereocenters. The van der Waals surface area contributed by atoms with Gasteiger partial charge in [0.15, 0.2) is 0 Å². The van der Waals surface area contributed by atoms with Crippen LogP contribution in [-0.2, 0) is 0 Å². The van der Waals surface area contributed by atoms with Gasteiger partial charge in [-0.05, 0) is 5.41 Å². The third-order valence-corrected chi connectivity index (χ3v) is 0. The highest BCUT2D eigenvalue weighted by Crippen LogP contribution is 2.07. The average molecular weight is 136 g/mol. The fraction of sp³-hybridized carbons (Fsp3) is 1.00. The molecular formula is C7H20O2. The van der Waals surface area contributed by atoms with E-state index in [2.05, 4.69) is 27.7 Å². The zero-order valence-corrected chi connectivity index (χ0v) is 7.39. The highest BCUT2D eigenvalue weighted by atomic mass is 16.2. The average Bonchev–Trinajstić information content (AvgIpc) is 1.72. The highest BCUT2D eigenvalue weighted by molar-refractivity contribution is 4.47. The van der Waals surface area contributed by atoms with E-state index in [0.29, 0.717) is 5.41 Å². The van der Waals surface area contributed by atoms with E-state index in [1.165, 1.54) is 0 Å². The second-order valence-corrected chi connectivity index (χ2v) is 3.00. The van der Waals surface area contributed by atoms with Crippen LogP contribution >= 0.6 is 0 Å². The van der Waals surface area contributed by atoms with Crippen molar-refractivity contribution in [3.05, 3.63) is 0 Å². The van der Waals surface area contributed by atoms with Crippen molar-refractivity contribution in [1.82, 2.24) is 0 Å². The van der Waals surface area contributed by atoms with Crippen LogP contribution in [0.3, 0.4) is 0 Å². The Morgan fingerprint density at radius 1 is 0.667 bits per heavy atom. The Morgan fingerprint density at radius 2 is 0.667 bits per heavy atom. The Morgan fingerprint density at radius 3 is 0.667 bits per heavy atom. The van der Waals surface area contributed by atoms with Crippen molar-refractivity contribution in [3.63, 3.8) is 0 Å². The minimum atomic E-state index is 0.500. The predicted octanol–water partition coefficient (Wildman–Crippen LogP) is 1.27. The van der Waals surface area contributed by atoms with Gasteiger partial charge in [-0.2, -0.15) is 0 Å². The molecule has 0 rings (SSSR count). The second kappa shape index (κ2) is 10.8. The first-order valence-electron chi connectivity index (χ1n) is 2.89. The number of aliphatic hydroxyl groups excluding tert-OH is 2. The third kappa shape index (κ3) is 43400. The van der Waals surface area contributed by atoms with Gasteiger partial charge in [0.05, 0.1) is 0 Å². The summed E-state index contributed by atoms with van der Waals surface area (Å²) >= 11 is 0. The van der Waals surface area contributed by atoms with Crippen LogP contribution in [0, 0.1) is 5.41 Å². The van der Waals surface area contributed by atoms with Crippen LogP contribution in [0.25, 0.3) is 0 Å². The summed E-state index contributed by atoms with van der Waals surface area (Å²) in [4.78, 5) is 0. The summed E-state index contributed by atoms with van der Waals surface area (Å²) in [5, 5.41) is 14.0. The van der Waals surface area contributed by atoms with Crippen LogP contribution in [-0.4, -0.2) is 24.4 Å². The van der Waals surface area contributed by atoms with Crippen LogP contribution in [0.2, 0.25) is 0 Å². The summed E-state index contributed by atoms with van der Waals surface area (Å²) < 4.78 is 0. The second-order valence-electron chi connectivity index (χ2n) is 3.00. The lowest BCUT2D eigenvalue weighted by atomic mass is 10.0. The van der Waals surface area contributed by atoms with Crippen LogP contribution in [0.4, 0.5) is 0 Å². The maximum Gasteiger partial charge on any atom is 0.0319 e. The third-order valence-electron chi connectivity index (χ3n) is 0. The Balaban J connectivity index is -0.0000000771. The first kappa shape index (κ1) is 16.0. The fourth-order valence-electron chi connectivity index (χ4n) is 0. The molecule has 0 bridgehead atoms. The molecule has 0 aromatic rings. The quantitative estimate of drug-likeness (QED) is 0.526. The van der Waals surface area contributed by atoms with Gasteiger partial charge in [-0.25, -0.2) is 0 Å². The van der Waals surface area contributed by atoms with Crippen molar-refractivity contribution in [2.24, 2.45) is 5.41 Å². The SMILES string of the molecule is CC(C)(C)C.CO.CO. The zero-order chi connectivity index (χ0) is 8.50. The van der Waals surface area contributed by atoms with Gasteiger partial charge in [0, 0.05) is 14.2 Å². The lowest BCUT2D eigenvalue weighted by molar-refractivity contribution is 0.399. The van der Waals surface area contributed by atoms with Crippen LogP contribution in [0.15, 0.2) is 0 Å². The molecule has 0 amide bonds. The van der Waals surface area contributed by atoms with Crippen molar-refractivity contribution in [2.75, 3.05) is 14.2 Å². The number of hydrogen-bond acceptors (Lipinski definition) is 2. The zero-order valence-electron chi connectivity index (χ0n) is 7.39. The van der Waals surface area contributed by atoms with Gasteiger partial charge < -0.3 is 10.2 Å². The van der Waals surface area contributed by atoms with E-state index in [9.17, 15) is 0 Å². The molecule has 2 nitrogen and oxygen atoms in total. The Bertz CT molecular complexity index is 22.4. The molecule has 0 saturated heterocycles. The summed E-state index contributed by atoms with van der Waals surface area (Å²) in [5.41, 5.74) is 0.500. The summed E-state index contributed by atoms with van der Waals surface area (Å²) in [6.45, 7) is 8.75. The van der Waals surface area contributed by atoms with E-state index in [1.54, 1.807) is 0 Å². The van der Waals surface area contributed by atoms with E-state index >= 15 is 0 Å². The van der Waals surface area contributed by atoms with E-state index in [0.717, 1.165) is 14.2 Å². The number of aliphatic hydroxyl groups is 2. The molecule has 0 unspecified atom stereocenters. The molecule has 0 aromatic heterocycles. The molecule has 0 aliphatic heterocycles. The monoisotopic (exact) mass is 136 g/mol. The van der Waals surface area contributed by atoms with Crippen molar-refractivity contribution in [2.45, 2.75) is 27.7 Å². The van der Waals surface area contributed by atoms with Gasteiger partial charge in [0.1, 0.15) is 0 Å². The summed E-state index contributed by atoms with van der Waals surface area (Å²) in [6, 6.07) is 0. The lowest BCUT2D eigenvalue weighted by Crippen LogP contribution is -1.93. The van der Waals surface area contributed by atoms with Crippen LogP contribution in [0.5, 0.6) is 0 Å². The molecule has 0 aromatic carbocycles. The van der Waals surface area contributed by atoms with E-state index in [4.69, 9.17) is 10.2 Å². The van der Waals surface area contributed by atoms with E-state index < -0.39 is 0 Å². The molecule has 9 heavy (non-hydrogen) atoms. The molecule has 0 aliphatic carbocycles. The molecule has 0 radical (unpaired) electrons. The molecule has 0 spiro atoms. The fourth-order valence-corrected chi connectivity index (χ4v) is 0. The normalized spacial score (nSPS) is 8.00. The largest absolute Gasteiger partial charge is 0.400 e. The molecule has 0 fully saturated rings. The van der Waals surface area contributed by atoms with Gasteiger partial charge in [-0.3, -0.25) is 0 Å². The highest BCUT2D eigenvalue weighted by Gasteiger charge is 1.95. The molecule has 2 N–H and O–H groups in total. The topological polar surface area (TPSA) is 40.5 Å². The standard InChI is InChI=1S/C5H12.2CH4O/c1-5(2,3)4;2*1-2/h1-4H3;2*2H,1H3. The smallest absolute Gasteiger partial charge is 0.0319 e. The molecule has 60 valence electrons. The first-order chi connectivity index (χ1) is 4.00. The minimum absolute atomic E-state index is 0.500. The molecular weight excluding hydrogens is 116 g/mol. The molecule has 0 heterocycles. The molecule has 2 heteroatoms. The van der Waals surface area contributed by atoms with Gasteiger partial charge >= 0.3 is 0 Å². The summed E-state index contributed by atoms with van der Waals surface area (Å²) in [6.07, 6.45) is 0. The predicted molar refractivity (Wildman–Crippen MR) is 41.4 cm³/mol. The van der Waals surface area contributed by atoms with Gasteiger partial charge in [0.2, 0.25) is 0 Å². The summed E-state index contributed by atoms with van der Waals surface area (Å²) in [5.74, 6) is 0. The van der Waals surface area contributed by atoms with Crippen LogP contribution < -0.4 is 0 Å². The number of rotatable bonds is 0. The van der Waals surface area contributed by atoms with Crippen molar-refractivity contribution in [3.8, 4) is 0 Å². The maximum absolute atomic E-state index is 7.00. The maximum atomic E-state index is 7.00. The van der Waals surface area contributed by atoms with Crippen LogP contribution in [0.1, 0.15) is 27.7 Å². The van der Waals surface area contributed by atoms with E-state index in [1.807, 2.05) is 0 Å². The summed E-state index contributed by atoms with van der Waals surface area (Å²) in [7, 11) is 2.00. The Kier molecular flexibility index (Phi) is 19.2. The Hall–Kier alpha value is -0.0800. The first-order valence-corrected chi connectivity index (χ1v) is 2.89. The van der Waals surface area contributed by atoms with Gasteiger partial charge in [0.25, 0.3) is 0 Å². The molecule has 0 saturated carbocycles.